The first-order chi connectivity index (χ1) is 10.8. The van der Waals surface area contributed by atoms with E-state index in [9.17, 15) is 0 Å². The summed E-state index contributed by atoms with van der Waals surface area (Å²) in [5.74, 6) is 0.849. The van der Waals surface area contributed by atoms with Gasteiger partial charge < -0.3 is 4.90 Å². The van der Waals surface area contributed by atoms with Crippen molar-refractivity contribution in [2.75, 3.05) is 4.90 Å². The van der Waals surface area contributed by atoms with E-state index in [-0.39, 0.29) is 0 Å². The number of rotatable bonds is 6. The van der Waals surface area contributed by atoms with Crippen LogP contribution in [0, 0.1) is 0 Å². The highest BCUT2D eigenvalue weighted by molar-refractivity contribution is 5.46. The van der Waals surface area contributed by atoms with Gasteiger partial charge in [-0.15, -0.1) is 0 Å². The molecule has 0 radical (unpaired) electrons. The van der Waals surface area contributed by atoms with Crippen LogP contribution < -0.4 is 4.90 Å². The van der Waals surface area contributed by atoms with Crippen LogP contribution in [0.3, 0.4) is 0 Å². The van der Waals surface area contributed by atoms with Gasteiger partial charge in [-0.2, -0.15) is 5.10 Å². The van der Waals surface area contributed by atoms with Gasteiger partial charge in [0.2, 0.25) is 0 Å². The molecule has 1 aromatic heterocycles. The molecule has 0 amide bonds. The topological polar surface area (TPSA) is 34.0 Å². The molecule has 0 aliphatic heterocycles. The van der Waals surface area contributed by atoms with Gasteiger partial charge in [0.15, 0.2) is 5.82 Å². The number of anilines is 1. The van der Waals surface area contributed by atoms with E-state index in [1.165, 1.54) is 11.3 Å². The maximum Gasteiger partial charge on any atom is 0.169 e. The number of aryl methyl sites for hydroxylation is 1. The smallest absolute Gasteiger partial charge is 0.169 e. The Bertz CT molecular complexity index is 691. The van der Waals surface area contributed by atoms with E-state index >= 15 is 0 Å². The maximum atomic E-state index is 4.50. The molecule has 3 rings (SSSR count). The fraction of sp³-hybridized carbons (Fsp3) is 0.222. The third-order valence-corrected chi connectivity index (χ3v) is 3.58. The van der Waals surface area contributed by atoms with Crippen LogP contribution in [0.1, 0.15) is 18.3 Å². The second-order valence-electron chi connectivity index (χ2n) is 5.19. The first-order valence-electron chi connectivity index (χ1n) is 7.57. The molecule has 4 nitrogen and oxygen atoms in total. The lowest BCUT2D eigenvalue weighted by atomic mass is 10.2. The summed E-state index contributed by atoms with van der Waals surface area (Å²) in [5.41, 5.74) is 2.46. The highest BCUT2D eigenvalue weighted by Gasteiger charge is 2.11. The molecule has 0 bridgehead atoms. The number of benzene rings is 2. The molecule has 0 aliphatic rings. The molecule has 4 heteroatoms. The summed E-state index contributed by atoms with van der Waals surface area (Å²) in [5, 5.41) is 4.50. The van der Waals surface area contributed by atoms with E-state index in [2.05, 4.69) is 70.4 Å². The monoisotopic (exact) mass is 292 g/mol. The number of hydrogen-bond donors (Lipinski definition) is 0. The third-order valence-electron chi connectivity index (χ3n) is 3.58. The highest BCUT2D eigenvalue weighted by Crippen LogP contribution is 2.18. The molecule has 0 fully saturated rings. The number of nitrogens with zero attached hydrogens (tertiary/aromatic N) is 4. The molecule has 0 aliphatic carbocycles. The third kappa shape index (κ3) is 3.52. The predicted molar refractivity (Wildman–Crippen MR) is 88.5 cm³/mol. The second-order valence-corrected chi connectivity index (χ2v) is 5.19. The lowest BCUT2D eigenvalue weighted by Crippen LogP contribution is -2.22. The Morgan fingerprint density at radius 3 is 2.23 bits per heavy atom. The second kappa shape index (κ2) is 6.89. The van der Waals surface area contributed by atoms with Crippen LogP contribution in [0.25, 0.3) is 0 Å². The van der Waals surface area contributed by atoms with Crippen LogP contribution in [-0.2, 0) is 19.6 Å². The van der Waals surface area contributed by atoms with Crippen LogP contribution in [0.15, 0.2) is 67.0 Å². The van der Waals surface area contributed by atoms with Crippen LogP contribution in [-0.4, -0.2) is 14.8 Å². The minimum atomic E-state index is 0.700. The molecular weight excluding hydrogens is 272 g/mol. The first kappa shape index (κ1) is 14.3. The molecule has 112 valence electrons. The van der Waals surface area contributed by atoms with Gasteiger partial charge in [0.1, 0.15) is 6.33 Å². The van der Waals surface area contributed by atoms with Gasteiger partial charge in [0, 0.05) is 18.8 Å². The minimum absolute atomic E-state index is 0.700. The standard InChI is InChI=1S/C18H20N4/c1-2-22-15-19-18(20-22)14-21(17-11-7-4-8-12-17)13-16-9-5-3-6-10-16/h3-12,15H,2,13-14H2,1H3. The highest BCUT2D eigenvalue weighted by atomic mass is 15.3. The van der Waals surface area contributed by atoms with Gasteiger partial charge in [0.05, 0.1) is 6.54 Å². The zero-order chi connectivity index (χ0) is 15.2. The van der Waals surface area contributed by atoms with E-state index in [0.29, 0.717) is 6.54 Å². The molecule has 2 aromatic carbocycles. The summed E-state index contributed by atoms with van der Waals surface area (Å²) >= 11 is 0. The Labute approximate surface area is 131 Å². The van der Waals surface area contributed by atoms with Crippen molar-refractivity contribution in [2.45, 2.75) is 26.6 Å². The van der Waals surface area contributed by atoms with Crippen LogP contribution in [0.5, 0.6) is 0 Å². The normalized spacial score (nSPS) is 10.6. The molecule has 0 atom stereocenters. The van der Waals surface area contributed by atoms with Crippen molar-refractivity contribution >= 4 is 5.69 Å². The van der Waals surface area contributed by atoms with Gasteiger partial charge in [0.25, 0.3) is 0 Å². The van der Waals surface area contributed by atoms with Crippen molar-refractivity contribution in [3.05, 3.63) is 78.4 Å². The molecule has 22 heavy (non-hydrogen) atoms. The Morgan fingerprint density at radius 2 is 1.59 bits per heavy atom. The molecule has 0 saturated heterocycles. The zero-order valence-electron chi connectivity index (χ0n) is 12.8. The quantitative estimate of drug-likeness (QED) is 0.697. The minimum Gasteiger partial charge on any atom is -0.360 e. The van der Waals surface area contributed by atoms with E-state index < -0.39 is 0 Å². The van der Waals surface area contributed by atoms with Crippen molar-refractivity contribution < 1.29 is 0 Å². The van der Waals surface area contributed by atoms with Crippen molar-refractivity contribution in [1.29, 1.82) is 0 Å². The Hall–Kier alpha value is -2.62. The molecule has 3 aromatic rings. The van der Waals surface area contributed by atoms with E-state index in [0.717, 1.165) is 18.9 Å². The average Bonchev–Trinajstić information content (AvgIpc) is 3.04. The number of aromatic nitrogens is 3. The summed E-state index contributed by atoms with van der Waals surface area (Å²) < 4.78 is 1.86. The van der Waals surface area contributed by atoms with Crippen LogP contribution in [0.2, 0.25) is 0 Å². The number of para-hydroxylation sites is 1. The van der Waals surface area contributed by atoms with Crippen molar-refractivity contribution in [3.8, 4) is 0 Å². The Morgan fingerprint density at radius 1 is 0.909 bits per heavy atom. The van der Waals surface area contributed by atoms with Gasteiger partial charge in [-0.05, 0) is 24.6 Å². The summed E-state index contributed by atoms with van der Waals surface area (Å²) in [6.45, 7) is 4.45. The maximum absolute atomic E-state index is 4.50. The van der Waals surface area contributed by atoms with Gasteiger partial charge in [-0.1, -0.05) is 48.5 Å². The van der Waals surface area contributed by atoms with Crippen molar-refractivity contribution in [1.82, 2.24) is 14.8 Å². The summed E-state index contributed by atoms with van der Waals surface area (Å²) in [6, 6.07) is 20.9. The predicted octanol–water partition coefficient (Wildman–Crippen LogP) is 3.50. The molecule has 0 spiro atoms. The van der Waals surface area contributed by atoms with Gasteiger partial charge in [-0.25, -0.2) is 4.98 Å². The van der Waals surface area contributed by atoms with Crippen molar-refractivity contribution in [2.24, 2.45) is 0 Å². The number of hydrogen-bond acceptors (Lipinski definition) is 3. The van der Waals surface area contributed by atoms with Gasteiger partial charge in [-0.3, -0.25) is 4.68 Å². The molecule has 0 N–H and O–H groups in total. The Kier molecular flexibility index (Phi) is 4.49. The lowest BCUT2D eigenvalue weighted by Gasteiger charge is -2.23. The molecular formula is C18H20N4. The molecule has 0 unspecified atom stereocenters. The summed E-state index contributed by atoms with van der Waals surface area (Å²) in [7, 11) is 0. The van der Waals surface area contributed by atoms with Crippen LogP contribution >= 0.6 is 0 Å². The lowest BCUT2D eigenvalue weighted by molar-refractivity contribution is 0.640. The fourth-order valence-corrected chi connectivity index (χ4v) is 2.41. The van der Waals surface area contributed by atoms with E-state index in [4.69, 9.17) is 0 Å². The van der Waals surface area contributed by atoms with E-state index in [1.807, 2.05) is 16.8 Å². The SMILES string of the molecule is CCn1cnc(CN(Cc2ccccc2)c2ccccc2)n1. The Balaban J connectivity index is 1.82. The largest absolute Gasteiger partial charge is 0.360 e. The molecule has 0 saturated carbocycles. The zero-order valence-corrected chi connectivity index (χ0v) is 12.8. The average molecular weight is 292 g/mol. The fourth-order valence-electron chi connectivity index (χ4n) is 2.41. The first-order valence-corrected chi connectivity index (χ1v) is 7.57. The summed E-state index contributed by atoms with van der Waals surface area (Å²) in [6.07, 6.45) is 1.79. The van der Waals surface area contributed by atoms with Crippen molar-refractivity contribution in [3.63, 3.8) is 0 Å². The van der Waals surface area contributed by atoms with Gasteiger partial charge >= 0.3 is 0 Å². The van der Waals surface area contributed by atoms with Crippen LogP contribution in [0.4, 0.5) is 5.69 Å². The van der Waals surface area contributed by atoms with E-state index in [1.54, 1.807) is 6.33 Å². The molecule has 1 heterocycles. The summed E-state index contributed by atoms with van der Waals surface area (Å²) in [4.78, 5) is 6.70.